The summed E-state index contributed by atoms with van der Waals surface area (Å²) in [7, 11) is 0. The van der Waals surface area contributed by atoms with E-state index in [1.54, 1.807) is 24.2 Å². The van der Waals surface area contributed by atoms with Crippen LogP contribution in [0.25, 0.3) is 0 Å². The van der Waals surface area contributed by atoms with E-state index in [1.807, 2.05) is 36.6 Å². The van der Waals surface area contributed by atoms with E-state index < -0.39 is 0 Å². The lowest BCUT2D eigenvalue weighted by atomic mass is 10.2. The molecule has 88 valence electrons. The molecule has 0 atom stereocenters. The zero-order chi connectivity index (χ0) is 12.1. The first kappa shape index (κ1) is 12.0. The second-order valence-electron chi connectivity index (χ2n) is 3.43. The topological polar surface area (TPSA) is 48.1 Å². The molecule has 0 spiro atoms. The molecule has 0 saturated carbocycles. The van der Waals surface area contributed by atoms with Gasteiger partial charge < -0.3 is 10.5 Å². The van der Waals surface area contributed by atoms with Crippen molar-refractivity contribution in [3.8, 4) is 11.5 Å². The lowest BCUT2D eigenvalue weighted by Gasteiger charge is -2.12. The van der Waals surface area contributed by atoms with Crippen LogP contribution in [0.5, 0.6) is 11.5 Å². The minimum absolute atomic E-state index is 0.465. The van der Waals surface area contributed by atoms with Crippen molar-refractivity contribution in [2.45, 2.75) is 11.4 Å². The summed E-state index contributed by atoms with van der Waals surface area (Å²) < 4.78 is 5.79. The Morgan fingerprint density at radius 1 is 1.29 bits per heavy atom. The molecule has 0 radical (unpaired) electrons. The van der Waals surface area contributed by atoms with E-state index in [-0.39, 0.29) is 0 Å². The summed E-state index contributed by atoms with van der Waals surface area (Å²) in [6.45, 7) is 0.465. The molecule has 1 aromatic heterocycles. The minimum Gasteiger partial charge on any atom is -0.455 e. The van der Waals surface area contributed by atoms with Crippen molar-refractivity contribution in [3.63, 3.8) is 0 Å². The predicted octanol–water partition coefficient (Wildman–Crippen LogP) is 3.05. The average Bonchev–Trinajstić information content (AvgIpc) is 2.39. The third-order valence-corrected chi connectivity index (χ3v) is 3.20. The van der Waals surface area contributed by atoms with Crippen molar-refractivity contribution >= 4 is 11.8 Å². The van der Waals surface area contributed by atoms with Gasteiger partial charge in [0, 0.05) is 23.2 Å². The van der Waals surface area contributed by atoms with E-state index in [4.69, 9.17) is 10.5 Å². The van der Waals surface area contributed by atoms with Crippen LogP contribution in [0.1, 0.15) is 5.56 Å². The van der Waals surface area contributed by atoms with E-state index in [0.29, 0.717) is 6.54 Å². The van der Waals surface area contributed by atoms with Gasteiger partial charge in [0.05, 0.1) is 6.20 Å². The van der Waals surface area contributed by atoms with Gasteiger partial charge in [0.1, 0.15) is 11.5 Å². The molecule has 0 fully saturated rings. The van der Waals surface area contributed by atoms with E-state index in [1.165, 1.54) is 0 Å². The van der Waals surface area contributed by atoms with Gasteiger partial charge in [0.2, 0.25) is 0 Å². The van der Waals surface area contributed by atoms with E-state index >= 15 is 0 Å². The first-order valence-corrected chi connectivity index (χ1v) is 6.51. The lowest BCUT2D eigenvalue weighted by Crippen LogP contribution is -2.01. The zero-order valence-corrected chi connectivity index (χ0v) is 10.4. The first-order valence-electron chi connectivity index (χ1n) is 5.29. The molecule has 0 saturated heterocycles. The monoisotopic (exact) mass is 246 g/mol. The van der Waals surface area contributed by atoms with Crippen LogP contribution < -0.4 is 10.5 Å². The third kappa shape index (κ3) is 2.78. The number of thioether (sulfide) groups is 1. The molecule has 4 heteroatoms. The largest absolute Gasteiger partial charge is 0.455 e. The summed E-state index contributed by atoms with van der Waals surface area (Å²) in [6.07, 6.45) is 5.43. The summed E-state index contributed by atoms with van der Waals surface area (Å²) in [5, 5.41) is 0. The van der Waals surface area contributed by atoms with Crippen LogP contribution >= 0.6 is 11.8 Å². The second kappa shape index (κ2) is 5.70. The Labute approximate surface area is 105 Å². The Hall–Kier alpha value is -1.52. The average molecular weight is 246 g/mol. The number of aromatic nitrogens is 1. The number of rotatable bonds is 4. The van der Waals surface area contributed by atoms with Crippen molar-refractivity contribution in [1.82, 2.24) is 4.98 Å². The third-order valence-electron chi connectivity index (χ3n) is 2.38. The van der Waals surface area contributed by atoms with Gasteiger partial charge in [-0.15, -0.1) is 11.8 Å². The fourth-order valence-electron chi connectivity index (χ4n) is 1.57. The van der Waals surface area contributed by atoms with Crippen molar-refractivity contribution in [2.75, 3.05) is 6.26 Å². The number of pyridine rings is 1. The van der Waals surface area contributed by atoms with Gasteiger partial charge in [-0.3, -0.25) is 4.98 Å². The lowest BCUT2D eigenvalue weighted by molar-refractivity contribution is 0.472. The van der Waals surface area contributed by atoms with Gasteiger partial charge in [0.15, 0.2) is 0 Å². The molecular formula is C13H14N2OS. The maximum atomic E-state index is 5.79. The smallest absolute Gasteiger partial charge is 0.145 e. The van der Waals surface area contributed by atoms with Crippen LogP contribution in [0.3, 0.4) is 0 Å². The van der Waals surface area contributed by atoms with Gasteiger partial charge >= 0.3 is 0 Å². The van der Waals surface area contributed by atoms with Gasteiger partial charge in [-0.2, -0.15) is 0 Å². The molecule has 1 heterocycles. The molecule has 0 aliphatic heterocycles. The standard InChI is InChI=1S/C13H14N2OS/c1-17-13-6-2-5-12(11(13)8-14)16-10-4-3-7-15-9-10/h2-7,9H,8,14H2,1H3. The Kier molecular flexibility index (Phi) is 4.01. The fourth-order valence-corrected chi connectivity index (χ4v) is 2.21. The van der Waals surface area contributed by atoms with Crippen molar-refractivity contribution in [3.05, 3.63) is 48.3 Å². The first-order chi connectivity index (χ1) is 8.35. The van der Waals surface area contributed by atoms with Crippen LogP contribution in [0, 0.1) is 0 Å². The van der Waals surface area contributed by atoms with Gasteiger partial charge in [-0.05, 0) is 30.5 Å². The van der Waals surface area contributed by atoms with Crippen LogP contribution in [0.15, 0.2) is 47.6 Å². The van der Waals surface area contributed by atoms with E-state index in [9.17, 15) is 0 Å². The molecule has 2 N–H and O–H groups in total. The Balaban J connectivity index is 2.33. The molecule has 2 aromatic rings. The molecule has 17 heavy (non-hydrogen) atoms. The molecule has 0 aliphatic carbocycles. The van der Waals surface area contributed by atoms with Gasteiger partial charge in [0.25, 0.3) is 0 Å². The molecule has 0 unspecified atom stereocenters. The number of hydrogen-bond donors (Lipinski definition) is 1. The highest BCUT2D eigenvalue weighted by atomic mass is 32.2. The normalized spacial score (nSPS) is 10.2. The van der Waals surface area contributed by atoms with E-state index in [0.717, 1.165) is 22.0 Å². The SMILES string of the molecule is CSc1cccc(Oc2cccnc2)c1CN. The molecule has 0 amide bonds. The minimum atomic E-state index is 0.465. The molecule has 1 aromatic carbocycles. The maximum absolute atomic E-state index is 5.79. The van der Waals surface area contributed by atoms with Crippen molar-refractivity contribution in [1.29, 1.82) is 0 Å². The number of hydrogen-bond acceptors (Lipinski definition) is 4. The van der Waals surface area contributed by atoms with E-state index in [2.05, 4.69) is 4.98 Å². The maximum Gasteiger partial charge on any atom is 0.145 e. The van der Waals surface area contributed by atoms with Gasteiger partial charge in [-0.25, -0.2) is 0 Å². The summed E-state index contributed by atoms with van der Waals surface area (Å²) in [5.74, 6) is 1.52. The molecule has 0 bridgehead atoms. The fraction of sp³-hybridized carbons (Fsp3) is 0.154. The van der Waals surface area contributed by atoms with Crippen LogP contribution in [0.2, 0.25) is 0 Å². The second-order valence-corrected chi connectivity index (χ2v) is 4.28. The molecule has 2 rings (SSSR count). The molecular weight excluding hydrogens is 232 g/mol. The number of ether oxygens (including phenoxy) is 1. The number of nitrogens with zero attached hydrogens (tertiary/aromatic N) is 1. The van der Waals surface area contributed by atoms with Crippen LogP contribution in [0.4, 0.5) is 0 Å². The highest BCUT2D eigenvalue weighted by molar-refractivity contribution is 7.98. The Morgan fingerprint density at radius 2 is 2.18 bits per heavy atom. The number of nitrogens with two attached hydrogens (primary N) is 1. The predicted molar refractivity (Wildman–Crippen MR) is 70.4 cm³/mol. The summed E-state index contributed by atoms with van der Waals surface area (Å²) >= 11 is 1.67. The summed E-state index contributed by atoms with van der Waals surface area (Å²) in [6, 6.07) is 9.66. The quantitative estimate of drug-likeness (QED) is 0.842. The van der Waals surface area contributed by atoms with Crippen LogP contribution in [-0.2, 0) is 6.54 Å². The van der Waals surface area contributed by atoms with Crippen molar-refractivity contribution in [2.24, 2.45) is 5.73 Å². The highest BCUT2D eigenvalue weighted by Gasteiger charge is 2.08. The summed E-state index contributed by atoms with van der Waals surface area (Å²) in [5.41, 5.74) is 6.80. The van der Waals surface area contributed by atoms with Crippen molar-refractivity contribution < 1.29 is 4.74 Å². The Morgan fingerprint density at radius 3 is 2.82 bits per heavy atom. The van der Waals surface area contributed by atoms with Crippen LogP contribution in [-0.4, -0.2) is 11.2 Å². The Bertz CT molecular complexity index is 488. The molecule has 0 aliphatic rings. The summed E-state index contributed by atoms with van der Waals surface area (Å²) in [4.78, 5) is 5.16. The highest BCUT2D eigenvalue weighted by Crippen LogP contribution is 2.31. The number of benzene rings is 1. The zero-order valence-electron chi connectivity index (χ0n) is 9.59. The molecule has 3 nitrogen and oxygen atoms in total. The van der Waals surface area contributed by atoms with Gasteiger partial charge in [-0.1, -0.05) is 6.07 Å².